The summed E-state index contributed by atoms with van der Waals surface area (Å²) in [5.41, 5.74) is 2.36. The van der Waals surface area contributed by atoms with Crippen LogP contribution in [0.1, 0.15) is 65.2 Å². The van der Waals surface area contributed by atoms with Crippen LogP contribution < -0.4 is 16.0 Å². The van der Waals surface area contributed by atoms with E-state index in [1.807, 2.05) is 0 Å². The van der Waals surface area contributed by atoms with E-state index in [0.29, 0.717) is 17.7 Å². The number of hydrogen-bond acceptors (Lipinski definition) is 5. The molecule has 0 aromatic rings. The molecule has 0 spiro atoms. The molecule has 0 aromatic heterocycles. The van der Waals surface area contributed by atoms with Crippen LogP contribution in [0.5, 0.6) is 0 Å². The summed E-state index contributed by atoms with van der Waals surface area (Å²) in [4.78, 5) is 12.2. The molecule has 1 rings (SSSR count). The molecule has 1 fully saturated rings. The van der Waals surface area contributed by atoms with E-state index < -0.39 is 0 Å². The monoisotopic (exact) mass is 391 g/mol. The minimum absolute atomic E-state index is 0.00812. The van der Waals surface area contributed by atoms with Gasteiger partial charge in [-0.15, -0.1) is 0 Å². The Morgan fingerprint density at radius 2 is 1.79 bits per heavy atom. The van der Waals surface area contributed by atoms with E-state index in [1.165, 1.54) is 12.8 Å². The first-order valence-corrected chi connectivity index (χ1v) is 10.7. The van der Waals surface area contributed by atoms with Crippen LogP contribution in [0.25, 0.3) is 0 Å². The van der Waals surface area contributed by atoms with Crippen molar-refractivity contribution in [1.82, 2.24) is 16.0 Å². The summed E-state index contributed by atoms with van der Waals surface area (Å²) in [6, 6.07) is 0.506. The number of carbonyl (C=O) groups excluding carboxylic acids is 1. The predicted octanol–water partition coefficient (Wildman–Crippen LogP) is 4.04. The number of unbranched alkanes of at least 4 members (excludes halogenated alkanes) is 3. The van der Waals surface area contributed by atoms with Crippen LogP contribution in [0, 0.1) is 5.92 Å². The zero-order valence-corrected chi connectivity index (χ0v) is 18.2. The van der Waals surface area contributed by atoms with Gasteiger partial charge in [-0.3, -0.25) is 4.79 Å². The van der Waals surface area contributed by atoms with E-state index in [0.717, 1.165) is 56.5 Å². The molecule has 0 bridgehead atoms. The van der Waals surface area contributed by atoms with E-state index in [2.05, 4.69) is 49.5 Å². The van der Waals surface area contributed by atoms with Crippen LogP contribution >= 0.6 is 0 Å². The number of allylic oxidation sites excluding steroid dienone is 1. The first-order chi connectivity index (χ1) is 13.3. The zero-order valence-electron chi connectivity index (χ0n) is 18.2. The first-order valence-electron chi connectivity index (χ1n) is 10.7. The third kappa shape index (κ3) is 11.2. The van der Waals surface area contributed by atoms with Crippen molar-refractivity contribution in [1.29, 1.82) is 0 Å². The highest BCUT2D eigenvalue weighted by molar-refractivity contribution is 5.96. The van der Waals surface area contributed by atoms with E-state index in [-0.39, 0.29) is 18.4 Å². The lowest BCUT2D eigenvalue weighted by atomic mass is 10.0. The average Bonchev–Trinajstić information content (AvgIpc) is 3.45. The van der Waals surface area contributed by atoms with E-state index >= 15 is 0 Å². The van der Waals surface area contributed by atoms with Gasteiger partial charge in [-0.05, 0) is 44.4 Å². The molecule has 3 N–H and O–H groups in total. The molecule has 0 aliphatic heterocycles. The maximum Gasteiger partial charge on any atom is 0.197 e. The number of ether oxygens (including phenoxy) is 1. The quantitative estimate of drug-likeness (QED) is 0.243. The number of methoxy groups -OCH3 is 1. The molecular formula is C23H41N3O2. The van der Waals surface area contributed by atoms with Gasteiger partial charge in [0.05, 0.1) is 18.3 Å². The van der Waals surface area contributed by atoms with Crippen LogP contribution in [0.3, 0.4) is 0 Å². The molecule has 0 aromatic carbocycles. The highest BCUT2D eigenvalue weighted by Gasteiger charge is 2.23. The fourth-order valence-corrected chi connectivity index (χ4v) is 2.99. The van der Waals surface area contributed by atoms with Crippen molar-refractivity contribution < 1.29 is 9.53 Å². The maximum absolute atomic E-state index is 12.2. The number of ketones is 1. The topological polar surface area (TPSA) is 62.4 Å². The summed E-state index contributed by atoms with van der Waals surface area (Å²) in [6.07, 6.45) is 8.75. The van der Waals surface area contributed by atoms with Crippen molar-refractivity contribution in [3.05, 3.63) is 36.8 Å². The lowest BCUT2D eigenvalue weighted by Gasteiger charge is -2.26. The molecule has 160 valence electrons. The molecule has 1 saturated carbocycles. The lowest BCUT2D eigenvalue weighted by molar-refractivity contribution is -0.115. The highest BCUT2D eigenvalue weighted by atomic mass is 16.5. The molecule has 1 aliphatic rings. The number of hydrogen-bond donors (Lipinski definition) is 3. The van der Waals surface area contributed by atoms with Crippen molar-refractivity contribution in [2.45, 2.75) is 77.3 Å². The van der Waals surface area contributed by atoms with Gasteiger partial charge in [-0.1, -0.05) is 46.4 Å². The van der Waals surface area contributed by atoms with Crippen molar-refractivity contribution in [2.75, 3.05) is 20.3 Å². The molecule has 5 heteroatoms. The first kappa shape index (κ1) is 24.3. The van der Waals surface area contributed by atoms with Gasteiger partial charge in [0, 0.05) is 31.2 Å². The van der Waals surface area contributed by atoms with Crippen LogP contribution in [0.15, 0.2) is 36.8 Å². The number of nitrogens with one attached hydrogen (secondary N) is 3. The van der Waals surface area contributed by atoms with Gasteiger partial charge in [0.1, 0.15) is 0 Å². The third-order valence-electron chi connectivity index (χ3n) is 4.85. The summed E-state index contributed by atoms with van der Waals surface area (Å²) >= 11 is 0. The zero-order chi connectivity index (χ0) is 20.9. The summed E-state index contributed by atoms with van der Waals surface area (Å²) < 4.78 is 5.08. The van der Waals surface area contributed by atoms with Crippen LogP contribution in [-0.2, 0) is 9.53 Å². The van der Waals surface area contributed by atoms with Crippen LogP contribution in [-0.4, -0.2) is 38.1 Å². The Balaban J connectivity index is 2.36. The van der Waals surface area contributed by atoms with E-state index in [1.54, 1.807) is 7.11 Å². The van der Waals surface area contributed by atoms with Crippen molar-refractivity contribution in [3.8, 4) is 0 Å². The number of rotatable bonds is 18. The van der Waals surface area contributed by atoms with Gasteiger partial charge >= 0.3 is 0 Å². The fraction of sp³-hybridized carbons (Fsp3) is 0.696. The Morgan fingerprint density at radius 3 is 2.39 bits per heavy atom. The molecule has 1 aliphatic carbocycles. The van der Waals surface area contributed by atoms with Gasteiger partial charge in [0.15, 0.2) is 5.78 Å². The highest BCUT2D eigenvalue weighted by Crippen LogP contribution is 2.20. The molecule has 0 amide bonds. The molecule has 28 heavy (non-hydrogen) atoms. The Morgan fingerprint density at radius 1 is 1.11 bits per heavy atom. The standard InChI is InChI=1S/C23H41N3O2/c1-17(2)15-22(25-18(3)11-9-7-8-10-14-28-6)19(4)24-16-23(27)20(5)26-21-12-13-21/h17,21-22,24-26H,3-5,7-16H2,1-2,6H3. The Kier molecular flexibility index (Phi) is 11.7. The van der Waals surface area contributed by atoms with Gasteiger partial charge < -0.3 is 20.7 Å². The maximum atomic E-state index is 12.2. The second kappa shape index (κ2) is 13.4. The normalized spacial score (nSPS) is 14.4. The minimum atomic E-state index is -0.00812. The Hall–Kier alpha value is -1.75. The van der Waals surface area contributed by atoms with Crippen LogP contribution in [0.2, 0.25) is 0 Å². The lowest BCUT2D eigenvalue weighted by Crippen LogP contribution is -2.39. The Bertz CT molecular complexity index is 524. The van der Waals surface area contributed by atoms with Crippen molar-refractivity contribution in [3.63, 3.8) is 0 Å². The summed E-state index contributed by atoms with van der Waals surface area (Å²) in [7, 11) is 1.74. The third-order valence-corrected chi connectivity index (χ3v) is 4.85. The minimum Gasteiger partial charge on any atom is -0.385 e. The second-order valence-electron chi connectivity index (χ2n) is 8.29. The SMILES string of the molecule is C=C(CCCCCCOC)NC(CC(C)C)C(=C)NCC(=O)C(=C)NC1CC1. The predicted molar refractivity (Wildman–Crippen MR) is 118 cm³/mol. The van der Waals surface area contributed by atoms with Crippen molar-refractivity contribution >= 4 is 5.78 Å². The van der Waals surface area contributed by atoms with Crippen molar-refractivity contribution in [2.24, 2.45) is 5.92 Å². The second-order valence-corrected chi connectivity index (χ2v) is 8.29. The smallest absolute Gasteiger partial charge is 0.197 e. The van der Waals surface area contributed by atoms with Crippen LogP contribution in [0.4, 0.5) is 0 Å². The molecule has 1 atom stereocenters. The molecule has 0 saturated heterocycles. The molecule has 0 heterocycles. The number of carbonyl (C=O) groups is 1. The molecule has 1 unspecified atom stereocenters. The van der Waals surface area contributed by atoms with Gasteiger partial charge in [0.25, 0.3) is 0 Å². The largest absolute Gasteiger partial charge is 0.385 e. The van der Waals surface area contributed by atoms with E-state index in [4.69, 9.17) is 4.74 Å². The van der Waals surface area contributed by atoms with Gasteiger partial charge in [-0.25, -0.2) is 0 Å². The number of Topliss-reactive ketones (excluding diaryl/α,β-unsaturated/α-hetero) is 1. The average molecular weight is 392 g/mol. The van der Waals surface area contributed by atoms with Gasteiger partial charge in [-0.2, -0.15) is 0 Å². The van der Waals surface area contributed by atoms with E-state index in [9.17, 15) is 4.79 Å². The summed E-state index contributed by atoms with van der Waals surface area (Å²) in [5.74, 6) is 0.506. The van der Waals surface area contributed by atoms with Gasteiger partial charge in [0.2, 0.25) is 0 Å². The molecule has 0 radical (unpaired) electrons. The summed E-state index contributed by atoms with van der Waals surface area (Å²) in [6.45, 7) is 17.6. The molecule has 5 nitrogen and oxygen atoms in total. The molecular weight excluding hydrogens is 350 g/mol. The summed E-state index contributed by atoms with van der Waals surface area (Å²) in [5, 5.41) is 9.87. The Labute approximate surface area is 172 Å². The fourth-order valence-electron chi connectivity index (χ4n) is 2.99.